The third-order valence-corrected chi connectivity index (χ3v) is 3.43. The molecule has 0 aromatic rings. The van der Waals surface area contributed by atoms with Gasteiger partial charge in [-0.1, -0.05) is 0 Å². The fraction of sp³-hybridized carbons (Fsp3) is 0.750. The van der Waals surface area contributed by atoms with Crippen molar-refractivity contribution in [2.75, 3.05) is 13.1 Å². The van der Waals surface area contributed by atoms with Crippen LogP contribution in [0.2, 0.25) is 0 Å². The molecule has 0 radical (unpaired) electrons. The molecule has 1 aliphatic rings. The maximum Gasteiger partial charge on any atom is 0.318 e. The topological polar surface area (TPSA) is 113 Å². The number of hydrogen-bond acceptors (Lipinski definition) is 3. The van der Waals surface area contributed by atoms with E-state index in [2.05, 4.69) is 5.32 Å². The third kappa shape index (κ3) is 5.15. The SMILES string of the molecule is CC(NC(=O)N1CCC(CCC(=O)O)CC1)C(N)=O. The number of primary amides is 1. The molecule has 108 valence electrons. The summed E-state index contributed by atoms with van der Waals surface area (Å²) in [6.45, 7) is 2.71. The summed E-state index contributed by atoms with van der Waals surface area (Å²) in [5.74, 6) is -0.992. The second-order valence-electron chi connectivity index (χ2n) is 4.94. The standard InChI is InChI=1S/C12H21N3O4/c1-8(11(13)18)14-12(19)15-6-4-9(5-7-15)2-3-10(16)17/h8-9H,2-7H2,1H3,(H2,13,18)(H,14,19)(H,16,17). The van der Waals surface area contributed by atoms with E-state index in [1.807, 2.05) is 0 Å². The van der Waals surface area contributed by atoms with Crippen molar-refractivity contribution >= 4 is 17.9 Å². The van der Waals surface area contributed by atoms with E-state index < -0.39 is 17.9 Å². The monoisotopic (exact) mass is 271 g/mol. The summed E-state index contributed by atoms with van der Waals surface area (Å²) in [6, 6.07) is -0.972. The molecule has 1 saturated heterocycles. The number of carbonyl (C=O) groups is 3. The van der Waals surface area contributed by atoms with Crippen molar-refractivity contribution in [2.24, 2.45) is 11.7 Å². The van der Waals surface area contributed by atoms with Crippen LogP contribution in [0.15, 0.2) is 0 Å². The molecule has 0 aromatic heterocycles. The predicted octanol–water partition coefficient (Wildman–Crippen LogP) is 0.147. The number of nitrogens with two attached hydrogens (primary N) is 1. The quantitative estimate of drug-likeness (QED) is 0.660. The first-order valence-corrected chi connectivity index (χ1v) is 6.46. The Morgan fingerprint density at radius 2 is 1.95 bits per heavy atom. The van der Waals surface area contributed by atoms with Crippen molar-refractivity contribution < 1.29 is 19.5 Å². The van der Waals surface area contributed by atoms with Gasteiger partial charge in [-0.25, -0.2) is 4.79 Å². The summed E-state index contributed by atoms with van der Waals surface area (Å²) < 4.78 is 0. The lowest BCUT2D eigenvalue weighted by atomic mass is 9.92. The van der Waals surface area contributed by atoms with Crippen LogP contribution < -0.4 is 11.1 Å². The van der Waals surface area contributed by atoms with Crippen LogP contribution in [0.5, 0.6) is 0 Å². The number of nitrogens with one attached hydrogen (secondary N) is 1. The molecule has 1 unspecified atom stereocenters. The van der Waals surface area contributed by atoms with E-state index in [1.54, 1.807) is 11.8 Å². The lowest BCUT2D eigenvalue weighted by Gasteiger charge is -2.32. The summed E-state index contributed by atoms with van der Waals surface area (Å²) in [4.78, 5) is 34.8. The van der Waals surface area contributed by atoms with Crippen molar-refractivity contribution in [1.29, 1.82) is 0 Å². The first kappa shape index (κ1) is 15.3. The number of rotatable bonds is 5. The number of amides is 3. The largest absolute Gasteiger partial charge is 0.481 e. The Bertz CT molecular complexity index is 351. The molecule has 7 nitrogen and oxygen atoms in total. The van der Waals surface area contributed by atoms with Gasteiger partial charge in [0.05, 0.1) is 0 Å². The van der Waals surface area contributed by atoms with Crippen molar-refractivity contribution in [1.82, 2.24) is 10.2 Å². The number of urea groups is 1. The van der Waals surface area contributed by atoms with Crippen LogP contribution in [0.3, 0.4) is 0 Å². The average molecular weight is 271 g/mol. The molecule has 1 rings (SSSR count). The molecule has 1 atom stereocenters. The minimum Gasteiger partial charge on any atom is -0.481 e. The Balaban J connectivity index is 2.31. The Kier molecular flexibility index (Phi) is 5.59. The molecule has 0 saturated carbocycles. The number of hydrogen-bond donors (Lipinski definition) is 3. The summed E-state index contributed by atoms with van der Waals surface area (Å²) in [5.41, 5.74) is 5.08. The van der Waals surface area contributed by atoms with Gasteiger partial charge in [0.15, 0.2) is 0 Å². The third-order valence-electron chi connectivity index (χ3n) is 3.43. The lowest BCUT2D eigenvalue weighted by molar-refractivity contribution is -0.137. The number of carboxylic acid groups (broad SMARTS) is 1. The van der Waals surface area contributed by atoms with E-state index in [9.17, 15) is 14.4 Å². The summed E-state index contributed by atoms with van der Waals surface area (Å²) in [5, 5.41) is 11.1. The smallest absolute Gasteiger partial charge is 0.318 e. The summed E-state index contributed by atoms with van der Waals surface area (Å²) in [6.07, 6.45) is 2.43. The zero-order valence-corrected chi connectivity index (χ0v) is 11.1. The average Bonchev–Trinajstić information content (AvgIpc) is 2.36. The van der Waals surface area contributed by atoms with E-state index >= 15 is 0 Å². The van der Waals surface area contributed by atoms with Crippen LogP contribution in [0.4, 0.5) is 4.79 Å². The van der Waals surface area contributed by atoms with Crippen LogP contribution >= 0.6 is 0 Å². The maximum absolute atomic E-state index is 11.8. The van der Waals surface area contributed by atoms with Crippen LogP contribution in [0.25, 0.3) is 0 Å². The number of nitrogens with zero attached hydrogens (tertiary/aromatic N) is 1. The van der Waals surface area contributed by atoms with Gasteiger partial charge in [0.1, 0.15) is 6.04 Å². The predicted molar refractivity (Wildman–Crippen MR) is 68.4 cm³/mol. The number of carbonyl (C=O) groups excluding carboxylic acids is 2. The van der Waals surface area contributed by atoms with Gasteiger partial charge in [-0.15, -0.1) is 0 Å². The van der Waals surface area contributed by atoms with Crippen LogP contribution in [0, 0.1) is 5.92 Å². The summed E-state index contributed by atoms with van der Waals surface area (Å²) in [7, 11) is 0. The van der Waals surface area contributed by atoms with E-state index in [0.717, 1.165) is 12.8 Å². The van der Waals surface area contributed by atoms with E-state index in [0.29, 0.717) is 25.4 Å². The van der Waals surface area contributed by atoms with Gasteiger partial charge in [0, 0.05) is 19.5 Å². The molecule has 0 aromatic carbocycles. The molecule has 3 amide bonds. The highest BCUT2D eigenvalue weighted by Gasteiger charge is 2.24. The molecule has 19 heavy (non-hydrogen) atoms. The van der Waals surface area contributed by atoms with Gasteiger partial charge in [-0.05, 0) is 32.1 Å². The van der Waals surface area contributed by atoms with Gasteiger partial charge in [0.2, 0.25) is 5.91 Å². The zero-order chi connectivity index (χ0) is 14.4. The number of piperidine rings is 1. The highest BCUT2D eigenvalue weighted by molar-refractivity contribution is 5.85. The molecule has 7 heteroatoms. The van der Waals surface area contributed by atoms with Crippen molar-refractivity contribution in [3.63, 3.8) is 0 Å². The number of aliphatic carboxylic acids is 1. The van der Waals surface area contributed by atoms with Crippen molar-refractivity contribution in [3.05, 3.63) is 0 Å². The van der Waals surface area contributed by atoms with E-state index in [-0.39, 0.29) is 12.5 Å². The molecular formula is C12H21N3O4. The van der Waals surface area contributed by atoms with Gasteiger partial charge >= 0.3 is 12.0 Å². The highest BCUT2D eigenvalue weighted by Crippen LogP contribution is 2.21. The molecule has 1 aliphatic heterocycles. The molecule has 0 spiro atoms. The minimum absolute atomic E-state index is 0.176. The van der Waals surface area contributed by atoms with Gasteiger partial charge in [-0.3, -0.25) is 9.59 Å². The Morgan fingerprint density at radius 1 is 1.37 bits per heavy atom. The first-order chi connectivity index (χ1) is 8.90. The molecule has 0 aliphatic carbocycles. The highest BCUT2D eigenvalue weighted by atomic mass is 16.4. The summed E-state index contributed by atoms with van der Waals surface area (Å²) >= 11 is 0. The van der Waals surface area contributed by atoms with E-state index in [1.165, 1.54) is 0 Å². The van der Waals surface area contributed by atoms with Crippen LogP contribution in [0.1, 0.15) is 32.6 Å². The Hall–Kier alpha value is -1.79. The molecule has 0 bridgehead atoms. The Labute approximate surface area is 112 Å². The minimum atomic E-state index is -0.782. The zero-order valence-electron chi connectivity index (χ0n) is 11.1. The second kappa shape index (κ2) is 6.96. The first-order valence-electron chi connectivity index (χ1n) is 6.46. The molecule has 4 N–H and O–H groups in total. The van der Waals surface area contributed by atoms with Crippen molar-refractivity contribution in [2.45, 2.75) is 38.6 Å². The number of likely N-dealkylation sites (tertiary alicyclic amines) is 1. The maximum atomic E-state index is 11.8. The Morgan fingerprint density at radius 3 is 2.42 bits per heavy atom. The normalized spacial score (nSPS) is 17.8. The van der Waals surface area contributed by atoms with Crippen LogP contribution in [-0.4, -0.2) is 47.0 Å². The molecule has 1 fully saturated rings. The van der Waals surface area contributed by atoms with Crippen LogP contribution in [-0.2, 0) is 9.59 Å². The number of carboxylic acids is 1. The lowest BCUT2D eigenvalue weighted by Crippen LogP contribution is -2.50. The van der Waals surface area contributed by atoms with Gasteiger partial charge < -0.3 is 21.1 Å². The molecular weight excluding hydrogens is 250 g/mol. The second-order valence-corrected chi connectivity index (χ2v) is 4.94. The molecule has 1 heterocycles. The van der Waals surface area contributed by atoms with Gasteiger partial charge in [0.25, 0.3) is 0 Å². The van der Waals surface area contributed by atoms with Gasteiger partial charge in [-0.2, -0.15) is 0 Å². The van der Waals surface area contributed by atoms with E-state index in [4.69, 9.17) is 10.8 Å². The van der Waals surface area contributed by atoms with Crippen molar-refractivity contribution in [3.8, 4) is 0 Å². The fourth-order valence-electron chi connectivity index (χ4n) is 2.10. The fourth-order valence-corrected chi connectivity index (χ4v) is 2.10.